The fraction of sp³-hybridized carbons (Fsp3) is 0.357. The lowest BCUT2D eigenvalue weighted by molar-refractivity contribution is 0.276. The van der Waals surface area contributed by atoms with Crippen molar-refractivity contribution < 1.29 is 18.6 Å². The van der Waals surface area contributed by atoms with E-state index < -0.39 is 8.32 Å². The van der Waals surface area contributed by atoms with Crippen molar-refractivity contribution in [2.45, 2.75) is 45.5 Å². The van der Waals surface area contributed by atoms with E-state index >= 15 is 0 Å². The first-order valence-corrected chi connectivity index (χ1v) is 14.6. The summed E-state index contributed by atoms with van der Waals surface area (Å²) in [7, 11) is 3.08. The first-order chi connectivity index (χ1) is 16.6. The fourth-order valence-electron chi connectivity index (χ4n) is 3.28. The molecule has 0 radical (unpaired) electrons. The maximum absolute atomic E-state index is 6.54. The van der Waals surface area contributed by atoms with Gasteiger partial charge in [-0.2, -0.15) is 0 Å². The van der Waals surface area contributed by atoms with E-state index in [4.69, 9.17) is 18.6 Å². The highest BCUT2D eigenvalue weighted by Crippen LogP contribution is 2.39. The van der Waals surface area contributed by atoms with E-state index in [0.717, 1.165) is 45.6 Å². The van der Waals surface area contributed by atoms with E-state index in [1.807, 2.05) is 60.7 Å². The molecule has 0 unspecified atom stereocenters. The minimum absolute atomic E-state index is 0.125. The molecule has 0 spiro atoms. The SMILES string of the molecule is COc1cccc(Nc2ccc(OC)cc2Nc2ccc(OC)cc2CO[Si](C)(C)C(C)(C)C)c1. The molecule has 0 atom stereocenters. The maximum Gasteiger partial charge on any atom is 0.192 e. The highest BCUT2D eigenvalue weighted by molar-refractivity contribution is 6.74. The molecule has 0 amide bonds. The molecule has 6 nitrogen and oxygen atoms in total. The van der Waals surface area contributed by atoms with Gasteiger partial charge >= 0.3 is 0 Å². The molecule has 35 heavy (non-hydrogen) atoms. The van der Waals surface area contributed by atoms with Gasteiger partial charge in [-0.3, -0.25) is 0 Å². The summed E-state index contributed by atoms with van der Waals surface area (Å²) in [4.78, 5) is 0. The van der Waals surface area contributed by atoms with Crippen LogP contribution in [0.3, 0.4) is 0 Å². The van der Waals surface area contributed by atoms with Gasteiger partial charge in [-0.25, -0.2) is 0 Å². The first kappa shape index (κ1) is 26.4. The van der Waals surface area contributed by atoms with Gasteiger partial charge in [0.15, 0.2) is 8.32 Å². The molecule has 0 heterocycles. The minimum Gasteiger partial charge on any atom is -0.497 e. The second-order valence-electron chi connectivity index (χ2n) is 9.97. The molecule has 0 saturated carbocycles. The van der Waals surface area contributed by atoms with Crippen molar-refractivity contribution in [1.29, 1.82) is 0 Å². The highest BCUT2D eigenvalue weighted by atomic mass is 28.4. The van der Waals surface area contributed by atoms with Crippen molar-refractivity contribution in [2.24, 2.45) is 0 Å². The largest absolute Gasteiger partial charge is 0.497 e. The Hall–Kier alpha value is -3.16. The number of rotatable bonds is 10. The van der Waals surface area contributed by atoms with Crippen LogP contribution in [0.1, 0.15) is 26.3 Å². The van der Waals surface area contributed by atoms with Crippen LogP contribution in [0.2, 0.25) is 18.1 Å². The molecule has 188 valence electrons. The normalized spacial score (nSPS) is 11.7. The van der Waals surface area contributed by atoms with Crippen molar-refractivity contribution in [1.82, 2.24) is 0 Å². The summed E-state index contributed by atoms with van der Waals surface area (Å²) in [5.41, 5.74) is 4.70. The summed E-state index contributed by atoms with van der Waals surface area (Å²) in [6, 6.07) is 19.8. The Labute approximate surface area is 210 Å². The zero-order valence-corrected chi connectivity index (χ0v) is 23.1. The Morgan fingerprint density at radius 1 is 0.686 bits per heavy atom. The van der Waals surface area contributed by atoms with Crippen LogP contribution in [-0.4, -0.2) is 29.6 Å². The Balaban J connectivity index is 1.94. The van der Waals surface area contributed by atoms with Crippen molar-refractivity contribution >= 4 is 31.1 Å². The molecular formula is C28H38N2O4Si. The molecule has 0 aliphatic carbocycles. The van der Waals surface area contributed by atoms with Crippen LogP contribution in [0.15, 0.2) is 60.7 Å². The average molecular weight is 495 g/mol. The van der Waals surface area contributed by atoms with E-state index in [-0.39, 0.29) is 5.04 Å². The third kappa shape index (κ3) is 6.71. The molecular weight excluding hydrogens is 456 g/mol. The van der Waals surface area contributed by atoms with E-state index in [1.165, 1.54) is 0 Å². The van der Waals surface area contributed by atoms with Crippen molar-refractivity contribution in [2.75, 3.05) is 32.0 Å². The van der Waals surface area contributed by atoms with Crippen LogP contribution >= 0.6 is 0 Å². The average Bonchev–Trinajstić information content (AvgIpc) is 2.83. The molecule has 0 aliphatic rings. The minimum atomic E-state index is -1.93. The summed E-state index contributed by atoms with van der Waals surface area (Å²) in [6.45, 7) is 11.8. The van der Waals surface area contributed by atoms with Gasteiger partial charge in [0.25, 0.3) is 0 Å². The van der Waals surface area contributed by atoms with E-state index in [2.05, 4.69) is 44.5 Å². The summed E-state index contributed by atoms with van der Waals surface area (Å²) < 4.78 is 22.9. The van der Waals surface area contributed by atoms with Crippen molar-refractivity contribution in [3.8, 4) is 17.2 Å². The number of anilines is 4. The summed E-state index contributed by atoms with van der Waals surface area (Å²) in [6.07, 6.45) is 0. The third-order valence-corrected chi connectivity index (χ3v) is 11.0. The summed E-state index contributed by atoms with van der Waals surface area (Å²) >= 11 is 0. The number of ether oxygens (including phenoxy) is 3. The van der Waals surface area contributed by atoms with Gasteiger partial charge in [0.05, 0.1) is 39.3 Å². The first-order valence-electron chi connectivity index (χ1n) is 11.7. The van der Waals surface area contributed by atoms with Gasteiger partial charge < -0.3 is 29.3 Å². The van der Waals surface area contributed by atoms with E-state index in [1.54, 1.807) is 21.3 Å². The third-order valence-electron chi connectivity index (χ3n) is 6.55. The molecule has 0 bridgehead atoms. The highest BCUT2D eigenvalue weighted by Gasteiger charge is 2.37. The Kier molecular flexibility index (Phi) is 8.35. The molecule has 7 heteroatoms. The maximum atomic E-state index is 6.54. The van der Waals surface area contributed by atoms with Gasteiger partial charge in [-0.1, -0.05) is 26.8 Å². The van der Waals surface area contributed by atoms with Gasteiger partial charge in [0.1, 0.15) is 17.2 Å². The quantitative estimate of drug-likeness (QED) is 0.281. The Morgan fingerprint density at radius 3 is 1.91 bits per heavy atom. The zero-order valence-electron chi connectivity index (χ0n) is 22.1. The summed E-state index contributed by atoms with van der Waals surface area (Å²) in [5.74, 6) is 2.35. The summed E-state index contributed by atoms with van der Waals surface area (Å²) in [5, 5.41) is 7.21. The lowest BCUT2D eigenvalue weighted by Crippen LogP contribution is -2.40. The second kappa shape index (κ2) is 11.1. The number of nitrogens with one attached hydrogen (secondary N) is 2. The predicted octanol–water partition coefficient (Wildman–Crippen LogP) is 7.72. The lowest BCUT2D eigenvalue weighted by atomic mass is 10.1. The number of methoxy groups -OCH3 is 3. The number of benzene rings is 3. The van der Waals surface area contributed by atoms with E-state index in [0.29, 0.717) is 6.61 Å². The fourth-order valence-corrected chi connectivity index (χ4v) is 4.23. The predicted molar refractivity (Wildman–Crippen MR) is 148 cm³/mol. The van der Waals surface area contributed by atoms with Crippen LogP contribution in [-0.2, 0) is 11.0 Å². The van der Waals surface area contributed by atoms with E-state index in [9.17, 15) is 0 Å². The van der Waals surface area contributed by atoms with Gasteiger partial charge in [0, 0.05) is 29.1 Å². The molecule has 0 saturated heterocycles. The molecule has 3 aromatic rings. The smallest absolute Gasteiger partial charge is 0.192 e. The van der Waals surface area contributed by atoms with Crippen LogP contribution in [0.5, 0.6) is 17.2 Å². The molecule has 0 aliphatic heterocycles. The molecule has 3 rings (SSSR count). The standard InChI is InChI=1S/C28H38N2O4Si/c1-28(2,3)35(7,8)34-19-20-16-23(32-5)12-14-25(20)30-27-18-24(33-6)13-15-26(27)29-21-10-9-11-22(17-21)31-4/h9-18,29-30H,19H2,1-8H3. The molecule has 0 fully saturated rings. The van der Waals surface area contributed by atoms with Crippen LogP contribution in [0, 0.1) is 0 Å². The number of hydrogen-bond acceptors (Lipinski definition) is 6. The van der Waals surface area contributed by atoms with Crippen LogP contribution in [0.4, 0.5) is 22.7 Å². The lowest BCUT2D eigenvalue weighted by Gasteiger charge is -2.36. The Bertz CT molecular complexity index is 1140. The molecule has 3 aromatic carbocycles. The van der Waals surface area contributed by atoms with Gasteiger partial charge in [-0.15, -0.1) is 0 Å². The van der Waals surface area contributed by atoms with Gasteiger partial charge in [0.2, 0.25) is 0 Å². The van der Waals surface area contributed by atoms with Crippen molar-refractivity contribution in [3.05, 3.63) is 66.2 Å². The monoisotopic (exact) mass is 494 g/mol. The second-order valence-corrected chi connectivity index (χ2v) is 14.8. The van der Waals surface area contributed by atoms with Crippen molar-refractivity contribution in [3.63, 3.8) is 0 Å². The molecule has 0 aromatic heterocycles. The van der Waals surface area contributed by atoms with Crippen LogP contribution < -0.4 is 24.8 Å². The number of hydrogen-bond donors (Lipinski definition) is 2. The molecule has 2 N–H and O–H groups in total. The zero-order chi connectivity index (χ0) is 25.6. The van der Waals surface area contributed by atoms with Gasteiger partial charge in [-0.05, 0) is 60.6 Å². The topological polar surface area (TPSA) is 61.0 Å². The Morgan fingerprint density at radius 2 is 1.29 bits per heavy atom. The van der Waals surface area contributed by atoms with Crippen LogP contribution in [0.25, 0.3) is 0 Å².